The van der Waals surface area contributed by atoms with E-state index in [1.54, 1.807) is 0 Å². The lowest BCUT2D eigenvalue weighted by atomic mass is 9.81. The molecule has 0 aliphatic heterocycles. The van der Waals surface area contributed by atoms with Crippen molar-refractivity contribution in [2.75, 3.05) is 9.80 Å². The van der Waals surface area contributed by atoms with Crippen molar-refractivity contribution < 1.29 is 0 Å². The summed E-state index contributed by atoms with van der Waals surface area (Å²) in [5, 5.41) is 2.47. The van der Waals surface area contributed by atoms with Gasteiger partial charge in [-0.25, -0.2) is 0 Å². The van der Waals surface area contributed by atoms with Gasteiger partial charge in [-0.05, 0) is 269 Å². The van der Waals surface area contributed by atoms with Crippen LogP contribution >= 0.6 is 0 Å². The van der Waals surface area contributed by atoms with Crippen LogP contribution in [0.25, 0.3) is 167 Å². The summed E-state index contributed by atoms with van der Waals surface area (Å²) in [4.78, 5) is 5.02. The van der Waals surface area contributed by atoms with E-state index in [0.717, 1.165) is 84.2 Å². The van der Waals surface area contributed by atoms with Gasteiger partial charge in [-0.15, -0.1) is 0 Å². The zero-order valence-electron chi connectivity index (χ0n) is 70.9. The first-order valence-electron chi connectivity index (χ1n) is 43.9. The van der Waals surface area contributed by atoms with Gasteiger partial charge in [-0.2, -0.15) is 0 Å². The lowest BCUT2D eigenvalue weighted by Gasteiger charge is -2.31. The number of anilines is 6. The van der Waals surface area contributed by atoms with E-state index in [9.17, 15) is 0 Å². The molecule has 20 aromatic rings. The third-order valence-corrected chi connectivity index (χ3v) is 26.5. The molecule has 2 heteroatoms. The molecule has 0 aromatic heterocycles. The molecule has 2 aliphatic carbocycles. The van der Waals surface area contributed by atoms with E-state index < -0.39 is 0 Å². The van der Waals surface area contributed by atoms with Crippen molar-refractivity contribution in [3.63, 3.8) is 0 Å². The molecule has 0 heterocycles. The molecule has 0 saturated carbocycles. The maximum Gasteiger partial charge on any atom is 0.0546 e. The summed E-state index contributed by atoms with van der Waals surface area (Å²) in [6.45, 7) is 9.63. The Bertz CT molecular complexity index is 7530. The average molecular weight is 1610 g/mol. The van der Waals surface area contributed by atoms with Crippen molar-refractivity contribution >= 4 is 44.9 Å². The van der Waals surface area contributed by atoms with Crippen LogP contribution in [0.15, 0.2) is 473 Å². The molecule has 0 N–H and O–H groups in total. The first kappa shape index (κ1) is 76.4. The Balaban J connectivity index is 0.591. The minimum Gasteiger partial charge on any atom is -0.310 e. The summed E-state index contributed by atoms with van der Waals surface area (Å²) in [5.74, 6) is 0. The lowest BCUT2D eigenvalue weighted by Crippen LogP contribution is -2.17. The molecule has 0 radical (unpaired) electrons. The van der Waals surface area contributed by atoms with Crippen LogP contribution in [0.1, 0.15) is 49.9 Å². The minimum atomic E-state index is -0.350. The van der Waals surface area contributed by atoms with E-state index in [2.05, 4.69) is 511 Å². The number of benzene rings is 20. The van der Waals surface area contributed by atoms with E-state index in [1.165, 1.54) is 139 Å². The maximum absolute atomic E-state index is 2.51. The van der Waals surface area contributed by atoms with Crippen molar-refractivity contribution in [1.29, 1.82) is 0 Å². The summed E-state index contributed by atoms with van der Waals surface area (Å²) in [5.41, 5.74) is 44.4. The van der Waals surface area contributed by atoms with Gasteiger partial charge in [-0.1, -0.05) is 410 Å². The number of hydrogen-bond acceptors (Lipinski definition) is 2. The number of hydrogen-bond donors (Lipinski definition) is 0. The zero-order chi connectivity index (χ0) is 84.4. The van der Waals surface area contributed by atoms with Crippen molar-refractivity contribution in [2.45, 2.75) is 38.5 Å². The topological polar surface area (TPSA) is 6.48 Å². The smallest absolute Gasteiger partial charge is 0.0546 e. The molecule has 126 heavy (non-hydrogen) atoms. The number of rotatable bonds is 18. The fourth-order valence-electron chi connectivity index (χ4n) is 20.2. The Kier molecular flexibility index (Phi) is 19.4. The van der Waals surface area contributed by atoms with Crippen LogP contribution in [0.5, 0.6) is 0 Å². The van der Waals surface area contributed by atoms with Crippen molar-refractivity contribution in [3.8, 4) is 156 Å². The largest absolute Gasteiger partial charge is 0.310 e. The second-order valence-corrected chi connectivity index (χ2v) is 34.6. The third-order valence-electron chi connectivity index (χ3n) is 26.5. The first-order chi connectivity index (χ1) is 62.0. The van der Waals surface area contributed by atoms with Crippen LogP contribution in [0, 0.1) is 0 Å². The highest BCUT2D eigenvalue weighted by atomic mass is 15.2. The predicted octanol–water partition coefficient (Wildman–Crippen LogP) is 34.4. The van der Waals surface area contributed by atoms with Crippen molar-refractivity contribution in [2.24, 2.45) is 0 Å². The molecule has 0 spiro atoms. The summed E-state index contributed by atoms with van der Waals surface area (Å²) in [7, 11) is 0. The normalized spacial score (nSPS) is 12.6. The predicted molar refractivity (Wildman–Crippen MR) is 534 cm³/mol. The van der Waals surface area contributed by atoms with E-state index in [-0.39, 0.29) is 10.8 Å². The molecule has 20 aromatic carbocycles. The maximum atomic E-state index is 2.51. The summed E-state index contributed by atoms with van der Waals surface area (Å²) in [6, 6.07) is 176. The highest BCUT2D eigenvalue weighted by molar-refractivity contribution is 6.05. The van der Waals surface area contributed by atoms with Gasteiger partial charge in [0.25, 0.3) is 0 Å². The summed E-state index contributed by atoms with van der Waals surface area (Å²) < 4.78 is 0. The molecular formula is C124H90N2. The molecule has 2 aliphatic rings. The SMILES string of the molecule is CC1(C)c2cc(-c3ccccc3)ccc2-c2ccc(N(c3ccc(-c4cccc(-c5cccc(-c6cccc(-c7ccc8c(c7)C(C)(C)c7cc(N(c9ccc(-c%10cccc%11ccccc%10%11)cc9)c9cccc(-c%10ccccc%10)c9-c9ccccc9-c9ccccc9)ccc7-8)c6)c5)c4)cc3)c3cccc(-c4ccccc4)c3-c3ccccc3-c3ccccc3)cc21. The molecule has 0 saturated heterocycles. The van der Waals surface area contributed by atoms with Gasteiger partial charge in [0, 0.05) is 44.7 Å². The Morgan fingerprint density at radius 2 is 0.397 bits per heavy atom. The first-order valence-corrected chi connectivity index (χ1v) is 43.9. The molecule has 2 nitrogen and oxygen atoms in total. The average Bonchev–Trinajstić information content (AvgIpc) is 1.45. The van der Waals surface area contributed by atoms with Crippen LogP contribution in [0.2, 0.25) is 0 Å². The molecule has 0 amide bonds. The van der Waals surface area contributed by atoms with E-state index in [1.807, 2.05) is 0 Å². The molecule has 0 bridgehead atoms. The zero-order valence-corrected chi connectivity index (χ0v) is 70.9. The van der Waals surface area contributed by atoms with Crippen molar-refractivity contribution in [3.05, 3.63) is 495 Å². The Morgan fingerprint density at radius 3 is 0.817 bits per heavy atom. The second-order valence-electron chi connectivity index (χ2n) is 34.6. The molecule has 0 fully saturated rings. The van der Waals surface area contributed by atoms with Gasteiger partial charge in [0.15, 0.2) is 0 Å². The quantitative estimate of drug-likeness (QED) is 0.0845. The highest BCUT2D eigenvalue weighted by Gasteiger charge is 2.39. The monoisotopic (exact) mass is 1610 g/mol. The van der Waals surface area contributed by atoms with E-state index in [0.29, 0.717) is 0 Å². The Labute approximate surface area is 739 Å². The standard InChI is InChI=1S/C124H90N2/c1-123(2)115-79-97(83-32-10-5-11-33-83)64-72-109(115)111-74-70-101(81-117(111)123)125(119-58-30-56-107(88-38-16-8-17-39-88)121(119)113-53-24-22-51-105(113)85-34-12-6-13-35-85)99-66-60-84(61-67-99)91-44-26-45-92(76-91)93-46-27-47-94(77-93)95-48-28-49-96(78-95)98-65-73-110-112-75-71-102(82-118(112)124(3,4)116(110)80-98)126(100-68-62-90(63-69-100)104-55-29-43-87-42-20-21-50-103(87)104)120-59-31-57-108(89-40-18-9-19-41-89)122(120)114-54-25-23-52-106(114)86-36-14-7-15-37-86/h5-82H,1-4H3. The van der Waals surface area contributed by atoms with Crippen LogP contribution in [0.3, 0.4) is 0 Å². The van der Waals surface area contributed by atoms with Crippen LogP contribution in [-0.4, -0.2) is 0 Å². The van der Waals surface area contributed by atoms with Gasteiger partial charge in [0.1, 0.15) is 0 Å². The van der Waals surface area contributed by atoms with Crippen molar-refractivity contribution in [1.82, 2.24) is 0 Å². The highest BCUT2D eigenvalue weighted by Crippen LogP contribution is 2.57. The fourth-order valence-corrected chi connectivity index (χ4v) is 20.2. The van der Waals surface area contributed by atoms with Crippen LogP contribution in [-0.2, 0) is 10.8 Å². The molecule has 0 unspecified atom stereocenters. The second kappa shape index (κ2) is 31.9. The lowest BCUT2D eigenvalue weighted by molar-refractivity contribution is 0.660. The van der Waals surface area contributed by atoms with Gasteiger partial charge >= 0.3 is 0 Å². The molecule has 0 atom stereocenters. The Hall–Kier alpha value is -15.7. The minimum absolute atomic E-state index is 0.279. The molecule has 22 rings (SSSR count). The molecular weight excluding hydrogens is 1520 g/mol. The molecule has 596 valence electrons. The van der Waals surface area contributed by atoms with Gasteiger partial charge < -0.3 is 9.80 Å². The van der Waals surface area contributed by atoms with E-state index >= 15 is 0 Å². The van der Waals surface area contributed by atoms with E-state index in [4.69, 9.17) is 0 Å². The summed E-state index contributed by atoms with van der Waals surface area (Å²) >= 11 is 0. The Morgan fingerprint density at radius 1 is 0.151 bits per heavy atom. The number of nitrogens with zero attached hydrogens (tertiary/aromatic N) is 2. The van der Waals surface area contributed by atoms with Gasteiger partial charge in [0.2, 0.25) is 0 Å². The third kappa shape index (κ3) is 13.7. The fraction of sp³-hybridized carbons (Fsp3) is 0.0484. The van der Waals surface area contributed by atoms with Gasteiger partial charge in [0.05, 0.1) is 11.4 Å². The van der Waals surface area contributed by atoms with Crippen LogP contribution < -0.4 is 9.80 Å². The van der Waals surface area contributed by atoms with Crippen LogP contribution in [0.4, 0.5) is 34.1 Å². The van der Waals surface area contributed by atoms with Gasteiger partial charge in [-0.3, -0.25) is 0 Å². The summed E-state index contributed by atoms with van der Waals surface area (Å²) in [6.07, 6.45) is 0. The number of fused-ring (bicyclic) bond motifs is 7.